The van der Waals surface area contributed by atoms with Crippen LogP contribution in [0.15, 0.2) is 18.5 Å². The summed E-state index contributed by atoms with van der Waals surface area (Å²) in [6.07, 6.45) is 4.07. The maximum Gasteiger partial charge on any atom is 0.325 e. The molecule has 0 aliphatic carbocycles. The van der Waals surface area contributed by atoms with Crippen molar-refractivity contribution in [1.29, 1.82) is 0 Å². The molecule has 2 saturated heterocycles. The second-order valence-corrected chi connectivity index (χ2v) is 5.33. The van der Waals surface area contributed by atoms with E-state index in [1.165, 1.54) is 0 Å². The number of urea groups is 1. The van der Waals surface area contributed by atoms with Gasteiger partial charge in [0.25, 0.3) is 5.91 Å². The number of nitrogens with zero attached hydrogens (tertiary/aromatic N) is 4. The SMILES string of the molecule is O=C(O)CN1C(=O)NC2(CCN(c3ncccn3)CC2)C1=O. The molecule has 9 nitrogen and oxygen atoms in total. The summed E-state index contributed by atoms with van der Waals surface area (Å²) in [5.41, 5.74) is -1.00. The Morgan fingerprint density at radius 2 is 1.91 bits per heavy atom. The lowest BCUT2D eigenvalue weighted by Crippen LogP contribution is -2.55. The molecular weight excluding hydrogens is 290 g/mol. The van der Waals surface area contributed by atoms with Gasteiger partial charge in [-0.3, -0.25) is 14.5 Å². The lowest BCUT2D eigenvalue weighted by atomic mass is 9.87. The van der Waals surface area contributed by atoms with Crippen molar-refractivity contribution in [2.24, 2.45) is 0 Å². The minimum absolute atomic E-state index is 0.395. The zero-order chi connectivity index (χ0) is 15.7. The predicted octanol–water partition coefficient (Wildman–Crippen LogP) is -0.548. The second-order valence-electron chi connectivity index (χ2n) is 5.33. The number of hydrogen-bond acceptors (Lipinski definition) is 6. The smallest absolute Gasteiger partial charge is 0.325 e. The molecule has 2 aliphatic heterocycles. The molecule has 22 heavy (non-hydrogen) atoms. The zero-order valence-electron chi connectivity index (χ0n) is 11.7. The van der Waals surface area contributed by atoms with E-state index in [2.05, 4.69) is 15.3 Å². The molecular formula is C13H15N5O4. The first-order valence-electron chi connectivity index (χ1n) is 6.90. The highest BCUT2D eigenvalue weighted by Crippen LogP contribution is 2.30. The van der Waals surface area contributed by atoms with Gasteiger partial charge in [-0.05, 0) is 18.9 Å². The molecule has 3 heterocycles. The number of nitrogens with one attached hydrogen (secondary N) is 1. The highest BCUT2D eigenvalue weighted by Gasteiger charge is 2.52. The Morgan fingerprint density at radius 3 is 2.50 bits per heavy atom. The first-order chi connectivity index (χ1) is 10.5. The molecule has 0 radical (unpaired) electrons. The van der Waals surface area contributed by atoms with E-state index in [9.17, 15) is 14.4 Å². The molecule has 1 spiro atoms. The molecule has 0 bridgehead atoms. The molecule has 0 saturated carbocycles. The second kappa shape index (κ2) is 5.24. The van der Waals surface area contributed by atoms with E-state index in [0.29, 0.717) is 31.9 Å². The fourth-order valence-electron chi connectivity index (χ4n) is 2.84. The number of carbonyl (C=O) groups excluding carboxylic acids is 2. The van der Waals surface area contributed by atoms with E-state index in [-0.39, 0.29) is 0 Å². The van der Waals surface area contributed by atoms with Gasteiger partial charge in [0.05, 0.1) is 0 Å². The van der Waals surface area contributed by atoms with Crippen LogP contribution in [0.1, 0.15) is 12.8 Å². The number of hydrogen-bond donors (Lipinski definition) is 2. The molecule has 3 amide bonds. The van der Waals surface area contributed by atoms with Crippen molar-refractivity contribution in [2.75, 3.05) is 24.5 Å². The Morgan fingerprint density at radius 1 is 1.27 bits per heavy atom. The predicted molar refractivity (Wildman–Crippen MR) is 74.1 cm³/mol. The normalized spacial score (nSPS) is 20.4. The summed E-state index contributed by atoms with van der Waals surface area (Å²) in [7, 11) is 0. The molecule has 3 rings (SSSR count). The molecule has 1 aromatic rings. The van der Waals surface area contributed by atoms with Gasteiger partial charge in [-0.25, -0.2) is 14.8 Å². The summed E-state index contributed by atoms with van der Waals surface area (Å²) in [6.45, 7) is 0.409. The summed E-state index contributed by atoms with van der Waals surface area (Å²) in [5.74, 6) is -1.10. The Bertz CT molecular complexity index is 612. The molecule has 2 fully saturated rings. The maximum atomic E-state index is 12.4. The van der Waals surface area contributed by atoms with Crippen LogP contribution < -0.4 is 10.2 Å². The molecule has 9 heteroatoms. The summed E-state index contributed by atoms with van der Waals surface area (Å²) < 4.78 is 0. The largest absolute Gasteiger partial charge is 0.480 e. The Kier molecular flexibility index (Phi) is 3.39. The average Bonchev–Trinajstić information content (AvgIpc) is 2.73. The van der Waals surface area contributed by atoms with E-state index in [4.69, 9.17) is 5.11 Å². The Balaban J connectivity index is 1.71. The monoisotopic (exact) mass is 305 g/mol. The minimum Gasteiger partial charge on any atom is -0.480 e. The van der Waals surface area contributed by atoms with Crippen LogP contribution in [0.3, 0.4) is 0 Å². The van der Waals surface area contributed by atoms with Crippen LogP contribution in [0.4, 0.5) is 10.7 Å². The standard InChI is InChI=1S/C13H15N5O4/c19-9(20)8-18-10(21)13(16-12(18)22)2-6-17(7-3-13)11-14-4-1-5-15-11/h1,4-5H,2-3,6-8H2,(H,16,22)(H,19,20). The third-order valence-electron chi connectivity index (χ3n) is 3.99. The molecule has 2 N–H and O–H groups in total. The topological polar surface area (TPSA) is 116 Å². The highest BCUT2D eigenvalue weighted by molar-refractivity contribution is 6.08. The quantitative estimate of drug-likeness (QED) is 0.720. The average molecular weight is 305 g/mol. The number of carboxylic acids is 1. The third kappa shape index (κ3) is 2.34. The lowest BCUT2D eigenvalue weighted by molar-refractivity contribution is -0.143. The molecule has 2 aliphatic rings. The number of piperidine rings is 1. The van der Waals surface area contributed by atoms with Gasteiger partial charge in [-0.15, -0.1) is 0 Å². The van der Waals surface area contributed by atoms with Gasteiger partial charge in [0.1, 0.15) is 12.1 Å². The van der Waals surface area contributed by atoms with Crippen LogP contribution in [0, 0.1) is 0 Å². The first-order valence-corrected chi connectivity index (χ1v) is 6.90. The van der Waals surface area contributed by atoms with Gasteiger partial charge in [-0.2, -0.15) is 0 Å². The molecule has 0 aromatic carbocycles. The van der Waals surface area contributed by atoms with Gasteiger partial charge in [0, 0.05) is 25.5 Å². The molecule has 0 atom stereocenters. The van der Waals surface area contributed by atoms with Crippen LogP contribution in [0.2, 0.25) is 0 Å². The fourth-order valence-corrected chi connectivity index (χ4v) is 2.84. The van der Waals surface area contributed by atoms with Gasteiger partial charge in [-0.1, -0.05) is 0 Å². The summed E-state index contributed by atoms with van der Waals surface area (Å²) in [4.78, 5) is 46.0. The van der Waals surface area contributed by atoms with Crippen molar-refractivity contribution in [3.63, 3.8) is 0 Å². The first kappa shape index (κ1) is 14.2. The van der Waals surface area contributed by atoms with Crippen LogP contribution >= 0.6 is 0 Å². The van der Waals surface area contributed by atoms with E-state index in [1.54, 1.807) is 18.5 Å². The van der Waals surface area contributed by atoms with Crippen molar-refractivity contribution >= 4 is 23.9 Å². The zero-order valence-corrected chi connectivity index (χ0v) is 11.7. The summed E-state index contributed by atoms with van der Waals surface area (Å²) in [5, 5.41) is 11.4. The van der Waals surface area contributed by atoms with Crippen molar-refractivity contribution in [3.05, 3.63) is 18.5 Å². The Labute approximate surface area is 125 Å². The van der Waals surface area contributed by atoms with Crippen LogP contribution in [-0.2, 0) is 9.59 Å². The van der Waals surface area contributed by atoms with Crippen molar-refractivity contribution in [2.45, 2.75) is 18.4 Å². The number of aliphatic carboxylic acids is 1. The molecule has 116 valence electrons. The molecule has 1 aromatic heterocycles. The minimum atomic E-state index is -1.21. The highest BCUT2D eigenvalue weighted by atomic mass is 16.4. The van der Waals surface area contributed by atoms with Gasteiger partial charge in [0.15, 0.2) is 0 Å². The number of aromatic nitrogens is 2. The van der Waals surface area contributed by atoms with E-state index >= 15 is 0 Å². The fraction of sp³-hybridized carbons (Fsp3) is 0.462. The van der Waals surface area contributed by atoms with Crippen molar-refractivity contribution < 1.29 is 19.5 Å². The maximum absolute atomic E-state index is 12.4. The Hall–Kier alpha value is -2.71. The van der Waals surface area contributed by atoms with Crippen LogP contribution in [-0.4, -0.2) is 63.1 Å². The molecule has 0 unspecified atom stereocenters. The number of anilines is 1. The number of amides is 3. The van der Waals surface area contributed by atoms with Crippen molar-refractivity contribution in [3.8, 4) is 0 Å². The number of imide groups is 1. The van der Waals surface area contributed by atoms with Crippen LogP contribution in [0.25, 0.3) is 0 Å². The van der Waals surface area contributed by atoms with Crippen molar-refractivity contribution in [1.82, 2.24) is 20.2 Å². The van der Waals surface area contributed by atoms with Gasteiger partial charge in [0.2, 0.25) is 5.95 Å². The van der Waals surface area contributed by atoms with Gasteiger partial charge < -0.3 is 15.3 Å². The van der Waals surface area contributed by atoms with E-state index in [1.807, 2.05) is 4.90 Å². The number of carboxylic acid groups (broad SMARTS) is 1. The van der Waals surface area contributed by atoms with E-state index in [0.717, 1.165) is 4.90 Å². The number of carbonyl (C=O) groups is 3. The summed E-state index contributed by atoms with van der Waals surface area (Å²) in [6, 6.07) is 1.08. The third-order valence-corrected chi connectivity index (χ3v) is 3.99. The van der Waals surface area contributed by atoms with E-state index < -0.39 is 30.0 Å². The lowest BCUT2D eigenvalue weighted by Gasteiger charge is -2.37. The van der Waals surface area contributed by atoms with Gasteiger partial charge >= 0.3 is 12.0 Å². The summed E-state index contributed by atoms with van der Waals surface area (Å²) >= 11 is 0. The number of rotatable bonds is 3. The van der Waals surface area contributed by atoms with Crippen LogP contribution in [0.5, 0.6) is 0 Å².